The first-order chi connectivity index (χ1) is 17.2. The van der Waals surface area contributed by atoms with Crippen LogP contribution in [0.25, 0.3) is 5.69 Å². The molecule has 0 spiro atoms. The third-order valence-electron chi connectivity index (χ3n) is 5.80. The molecule has 184 valence electrons. The molecule has 1 saturated heterocycles. The van der Waals surface area contributed by atoms with Crippen LogP contribution in [-0.2, 0) is 10.0 Å². The van der Waals surface area contributed by atoms with Crippen LogP contribution in [0, 0.1) is 0 Å². The van der Waals surface area contributed by atoms with Gasteiger partial charge in [-0.05, 0) is 78.9 Å². The molecule has 2 aromatic carbocycles. The van der Waals surface area contributed by atoms with Gasteiger partial charge in [-0.3, -0.25) is 9.71 Å². The minimum atomic E-state index is -3.39. The molecule has 0 bridgehead atoms. The lowest BCUT2D eigenvalue weighted by Gasteiger charge is -2.29. The van der Waals surface area contributed by atoms with Crippen LogP contribution in [0.4, 0.5) is 11.4 Å². The Morgan fingerprint density at radius 2 is 1.81 bits per heavy atom. The molecule has 0 saturated carbocycles. The number of anilines is 2. The molecule has 36 heavy (non-hydrogen) atoms. The lowest BCUT2D eigenvalue weighted by atomic mass is 10.0. The van der Waals surface area contributed by atoms with Gasteiger partial charge in [0.25, 0.3) is 0 Å². The van der Waals surface area contributed by atoms with Crippen LogP contribution in [0.2, 0.25) is 10.0 Å². The zero-order valence-electron chi connectivity index (χ0n) is 19.0. The van der Waals surface area contributed by atoms with E-state index in [0.717, 1.165) is 29.0 Å². The fourth-order valence-electron chi connectivity index (χ4n) is 4.37. The molecule has 3 heterocycles. The summed E-state index contributed by atoms with van der Waals surface area (Å²) in [5.41, 5.74) is 3.81. The second-order valence-corrected chi connectivity index (χ2v) is 11.3. The van der Waals surface area contributed by atoms with Gasteiger partial charge in [0.2, 0.25) is 10.0 Å². The summed E-state index contributed by atoms with van der Waals surface area (Å²) in [5, 5.41) is 5.02. The zero-order valence-corrected chi connectivity index (χ0v) is 22.1. The number of hydrogen-bond acceptors (Lipinski definition) is 4. The fourth-order valence-corrected chi connectivity index (χ4v) is 5.78. The molecule has 0 unspecified atom stereocenters. The largest absolute Gasteiger partial charge is 0.351 e. The normalized spacial score (nSPS) is 17.8. The Morgan fingerprint density at radius 3 is 2.47 bits per heavy atom. The molecule has 5 rings (SSSR count). The standard InChI is InChI=1S/C25H21Cl2N5O2S2/c1-36(33,34)30-17-8-10-18(11-9-17)32-24(23(29-25(32)35)20-5-2-3-13-28-20)22-6-4-14-31(22)21-12-7-16(26)15-19(21)27/h2-15,23-24,30H,1H3,(H,29,35)/t23-,24-/m1/s1. The van der Waals surface area contributed by atoms with E-state index in [1.165, 1.54) is 0 Å². The van der Waals surface area contributed by atoms with Crippen molar-refractivity contribution in [3.63, 3.8) is 0 Å². The third-order valence-corrected chi connectivity index (χ3v) is 7.26. The number of thiocarbonyl (C=S) groups is 1. The molecular formula is C25H21Cl2N5O2S2. The summed E-state index contributed by atoms with van der Waals surface area (Å²) < 4.78 is 27.8. The first-order valence-electron chi connectivity index (χ1n) is 10.9. The van der Waals surface area contributed by atoms with Crippen molar-refractivity contribution in [3.05, 3.63) is 107 Å². The van der Waals surface area contributed by atoms with Gasteiger partial charge in [0.1, 0.15) is 6.04 Å². The summed E-state index contributed by atoms with van der Waals surface area (Å²) in [6.45, 7) is 0. The third kappa shape index (κ3) is 4.92. The molecule has 1 aliphatic heterocycles. The van der Waals surface area contributed by atoms with Gasteiger partial charge < -0.3 is 14.8 Å². The van der Waals surface area contributed by atoms with Crippen molar-refractivity contribution in [2.24, 2.45) is 0 Å². The molecule has 0 radical (unpaired) electrons. The number of pyridine rings is 1. The van der Waals surface area contributed by atoms with Gasteiger partial charge in [-0.25, -0.2) is 8.42 Å². The van der Waals surface area contributed by atoms with Crippen molar-refractivity contribution in [2.75, 3.05) is 15.9 Å². The summed E-state index contributed by atoms with van der Waals surface area (Å²) in [4.78, 5) is 6.60. The maximum atomic E-state index is 11.6. The number of nitrogens with one attached hydrogen (secondary N) is 2. The zero-order chi connectivity index (χ0) is 25.4. The Morgan fingerprint density at radius 1 is 1.03 bits per heavy atom. The van der Waals surface area contributed by atoms with Gasteiger partial charge in [0.05, 0.1) is 28.7 Å². The molecular weight excluding hydrogens is 537 g/mol. The number of sulfonamides is 1. The fraction of sp³-hybridized carbons (Fsp3) is 0.120. The SMILES string of the molecule is CS(=O)(=O)Nc1ccc(N2C(=S)N[C@H](c3ccccn3)[C@H]2c2cccn2-c2ccc(Cl)cc2Cl)cc1. The Bertz CT molecular complexity index is 1530. The van der Waals surface area contributed by atoms with Crippen LogP contribution in [0.15, 0.2) is 85.2 Å². The average molecular weight is 559 g/mol. The highest BCUT2D eigenvalue weighted by molar-refractivity contribution is 7.92. The number of aromatic nitrogens is 2. The second kappa shape index (κ2) is 9.74. The summed E-state index contributed by atoms with van der Waals surface area (Å²) in [6.07, 6.45) is 4.81. The molecule has 1 fully saturated rings. The molecule has 2 N–H and O–H groups in total. The topological polar surface area (TPSA) is 79.3 Å². The van der Waals surface area contributed by atoms with E-state index in [4.69, 9.17) is 35.4 Å². The Hall–Kier alpha value is -3.11. The first-order valence-corrected chi connectivity index (χ1v) is 14.0. The van der Waals surface area contributed by atoms with Crippen molar-refractivity contribution in [1.82, 2.24) is 14.9 Å². The van der Waals surface area contributed by atoms with Gasteiger partial charge >= 0.3 is 0 Å². The summed E-state index contributed by atoms with van der Waals surface area (Å²) in [6, 6.07) is 21.7. The van der Waals surface area contributed by atoms with Crippen LogP contribution < -0.4 is 14.9 Å². The number of hydrogen-bond donors (Lipinski definition) is 2. The number of nitrogens with zero attached hydrogens (tertiary/aromatic N) is 3. The highest BCUT2D eigenvalue weighted by Crippen LogP contribution is 2.43. The summed E-state index contributed by atoms with van der Waals surface area (Å²) >= 11 is 18.5. The molecule has 7 nitrogen and oxygen atoms in total. The number of halogens is 2. The molecule has 0 aliphatic carbocycles. The molecule has 2 aromatic heterocycles. The maximum absolute atomic E-state index is 11.6. The lowest BCUT2D eigenvalue weighted by Crippen LogP contribution is -2.30. The van der Waals surface area contributed by atoms with Crippen LogP contribution in [0.5, 0.6) is 0 Å². The quantitative estimate of drug-likeness (QED) is 0.295. The predicted molar refractivity (Wildman–Crippen MR) is 149 cm³/mol. The van der Waals surface area contributed by atoms with E-state index in [1.54, 1.807) is 30.5 Å². The van der Waals surface area contributed by atoms with E-state index < -0.39 is 10.0 Å². The predicted octanol–water partition coefficient (Wildman–Crippen LogP) is 5.73. The van der Waals surface area contributed by atoms with Gasteiger partial charge in [-0.1, -0.05) is 29.3 Å². The van der Waals surface area contributed by atoms with Crippen LogP contribution in [0.1, 0.15) is 23.5 Å². The minimum absolute atomic E-state index is 0.257. The highest BCUT2D eigenvalue weighted by Gasteiger charge is 2.42. The van der Waals surface area contributed by atoms with Crippen molar-refractivity contribution in [2.45, 2.75) is 12.1 Å². The number of benzene rings is 2. The van der Waals surface area contributed by atoms with Gasteiger partial charge in [-0.2, -0.15) is 0 Å². The maximum Gasteiger partial charge on any atom is 0.229 e. The smallest absolute Gasteiger partial charge is 0.229 e. The van der Waals surface area contributed by atoms with Crippen molar-refractivity contribution in [3.8, 4) is 5.69 Å². The Labute approximate surface area is 224 Å². The van der Waals surface area contributed by atoms with Crippen molar-refractivity contribution >= 4 is 61.9 Å². The minimum Gasteiger partial charge on any atom is -0.351 e. The van der Waals surface area contributed by atoms with E-state index in [2.05, 4.69) is 15.0 Å². The summed E-state index contributed by atoms with van der Waals surface area (Å²) in [7, 11) is -3.39. The summed E-state index contributed by atoms with van der Waals surface area (Å²) in [5.74, 6) is 0. The highest BCUT2D eigenvalue weighted by atomic mass is 35.5. The molecule has 2 atom stereocenters. The van der Waals surface area contributed by atoms with E-state index >= 15 is 0 Å². The molecule has 1 aliphatic rings. The van der Waals surface area contributed by atoms with Crippen molar-refractivity contribution < 1.29 is 8.42 Å². The average Bonchev–Trinajstić information content (AvgIpc) is 3.43. The van der Waals surface area contributed by atoms with E-state index in [1.807, 2.05) is 64.2 Å². The lowest BCUT2D eigenvalue weighted by molar-refractivity contribution is 0.549. The van der Waals surface area contributed by atoms with Crippen LogP contribution in [-0.4, -0.2) is 29.3 Å². The van der Waals surface area contributed by atoms with E-state index in [0.29, 0.717) is 20.8 Å². The van der Waals surface area contributed by atoms with Crippen LogP contribution in [0.3, 0.4) is 0 Å². The van der Waals surface area contributed by atoms with Gasteiger partial charge in [0.15, 0.2) is 5.11 Å². The van der Waals surface area contributed by atoms with E-state index in [9.17, 15) is 8.42 Å². The van der Waals surface area contributed by atoms with Gasteiger partial charge in [-0.15, -0.1) is 0 Å². The van der Waals surface area contributed by atoms with Crippen molar-refractivity contribution in [1.29, 1.82) is 0 Å². The first kappa shape index (κ1) is 24.6. The van der Waals surface area contributed by atoms with Gasteiger partial charge in [0, 0.05) is 34.5 Å². The van der Waals surface area contributed by atoms with E-state index in [-0.39, 0.29) is 12.1 Å². The number of rotatable bonds is 6. The molecule has 11 heteroatoms. The Balaban J connectivity index is 1.62. The second-order valence-electron chi connectivity index (χ2n) is 8.32. The monoisotopic (exact) mass is 557 g/mol. The van der Waals surface area contributed by atoms with Crippen LogP contribution >= 0.6 is 35.4 Å². The molecule has 4 aromatic rings. The Kier molecular flexibility index (Phi) is 6.65. The molecule has 0 amide bonds.